The molecule has 0 aromatic carbocycles. The summed E-state index contributed by atoms with van der Waals surface area (Å²) in [6, 6.07) is 3.33. The standard InChI is InChI=1S/C14H21N3O2/c1-10-4-3-8-17(9-7-10)13-11(15)5-6-12(16-13)14(18)19-2/h5-6,10H,3-4,7-9,15H2,1-2H3. The first-order valence-electron chi connectivity index (χ1n) is 6.71. The van der Waals surface area contributed by atoms with Crippen LogP contribution in [-0.4, -0.2) is 31.2 Å². The molecule has 1 aromatic rings. The van der Waals surface area contributed by atoms with Crippen LogP contribution in [0.3, 0.4) is 0 Å². The third kappa shape index (κ3) is 3.16. The fraction of sp³-hybridized carbons (Fsp3) is 0.571. The zero-order valence-corrected chi connectivity index (χ0v) is 11.6. The molecule has 1 aliphatic heterocycles. The Balaban J connectivity index is 2.24. The van der Waals surface area contributed by atoms with Crippen molar-refractivity contribution < 1.29 is 9.53 Å². The Bertz CT molecular complexity index is 462. The molecule has 2 N–H and O–H groups in total. The molecule has 0 bridgehead atoms. The predicted octanol–water partition coefficient (Wildman–Crippen LogP) is 2.08. The maximum atomic E-state index is 11.5. The predicted molar refractivity (Wildman–Crippen MR) is 75.2 cm³/mol. The summed E-state index contributed by atoms with van der Waals surface area (Å²) in [7, 11) is 1.35. The maximum Gasteiger partial charge on any atom is 0.356 e. The highest BCUT2D eigenvalue weighted by molar-refractivity contribution is 5.88. The van der Waals surface area contributed by atoms with Gasteiger partial charge in [-0.2, -0.15) is 0 Å². The first-order chi connectivity index (χ1) is 9.11. The number of carbonyl (C=O) groups is 1. The summed E-state index contributed by atoms with van der Waals surface area (Å²) in [5, 5.41) is 0. The van der Waals surface area contributed by atoms with E-state index >= 15 is 0 Å². The van der Waals surface area contributed by atoms with Crippen molar-refractivity contribution in [1.29, 1.82) is 0 Å². The summed E-state index contributed by atoms with van der Waals surface area (Å²) in [4.78, 5) is 18.1. The van der Waals surface area contributed by atoms with Gasteiger partial charge in [0.25, 0.3) is 0 Å². The van der Waals surface area contributed by atoms with Gasteiger partial charge in [0.15, 0.2) is 11.5 Å². The molecular weight excluding hydrogens is 242 g/mol. The smallest absolute Gasteiger partial charge is 0.356 e. The fourth-order valence-corrected chi connectivity index (χ4v) is 2.41. The number of methoxy groups -OCH3 is 1. The largest absolute Gasteiger partial charge is 0.464 e. The van der Waals surface area contributed by atoms with Crippen LogP contribution in [0.1, 0.15) is 36.7 Å². The Morgan fingerprint density at radius 3 is 2.95 bits per heavy atom. The normalized spacial score (nSPS) is 19.9. The lowest BCUT2D eigenvalue weighted by Gasteiger charge is -2.23. The summed E-state index contributed by atoms with van der Waals surface area (Å²) in [6.07, 6.45) is 3.49. The second-order valence-electron chi connectivity index (χ2n) is 5.12. The molecule has 1 aliphatic rings. The quantitative estimate of drug-likeness (QED) is 0.827. The number of pyridine rings is 1. The van der Waals surface area contributed by atoms with Gasteiger partial charge >= 0.3 is 5.97 Å². The van der Waals surface area contributed by atoms with Crippen LogP contribution in [0.2, 0.25) is 0 Å². The Morgan fingerprint density at radius 2 is 2.21 bits per heavy atom. The molecule has 0 saturated carbocycles. The molecule has 2 rings (SSSR count). The molecule has 1 saturated heterocycles. The minimum Gasteiger partial charge on any atom is -0.464 e. The van der Waals surface area contributed by atoms with E-state index in [2.05, 4.69) is 16.8 Å². The van der Waals surface area contributed by atoms with Gasteiger partial charge in [0.1, 0.15) is 0 Å². The van der Waals surface area contributed by atoms with E-state index in [1.54, 1.807) is 12.1 Å². The summed E-state index contributed by atoms with van der Waals surface area (Å²) in [5.74, 6) is 1.01. The van der Waals surface area contributed by atoms with Crippen molar-refractivity contribution in [1.82, 2.24) is 4.98 Å². The summed E-state index contributed by atoms with van der Waals surface area (Å²) in [6.45, 7) is 4.14. The minimum atomic E-state index is -0.426. The van der Waals surface area contributed by atoms with Crippen LogP contribution < -0.4 is 10.6 Å². The van der Waals surface area contributed by atoms with Crippen molar-refractivity contribution in [2.45, 2.75) is 26.2 Å². The van der Waals surface area contributed by atoms with Gasteiger partial charge in [0, 0.05) is 13.1 Å². The number of rotatable bonds is 2. The van der Waals surface area contributed by atoms with Crippen molar-refractivity contribution in [2.75, 3.05) is 30.8 Å². The summed E-state index contributed by atoms with van der Waals surface area (Å²) < 4.78 is 4.70. The molecule has 1 atom stereocenters. The van der Waals surface area contributed by atoms with Crippen molar-refractivity contribution in [2.24, 2.45) is 5.92 Å². The van der Waals surface area contributed by atoms with Crippen molar-refractivity contribution >= 4 is 17.5 Å². The fourth-order valence-electron chi connectivity index (χ4n) is 2.41. The number of nitrogens with two attached hydrogens (primary N) is 1. The van der Waals surface area contributed by atoms with E-state index in [9.17, 15) is 4.79 Å². The van der Waals surface area contributed by atoms with E-state index < -0.39 is 5.97 Å². The van der Waals surface area contributed by atoms with E-state index in [4.69, 9.17) is 10.5 Å². The number of nitrogen functional groups attached to an aromatic ring is 1. The number of nitrogens with zero attached hydrogens (tertiary/aromatic N) is 2. The topological polar surface area (TPSA) is 68.5 Å². The van der Waals surface area contributed by atoms with Crippen LogP contribution in [0, 0.1) is 5.92 Å². The van der Waals surface area contributed by atoms with Gasteiger partial charge in [-0.1, -0.05) is 6.92 Å². The molecule has 2 heterocycles. The van der Waals surface area contributed by atoms with Crippen LogP contribution in [0.25, 0.3) is 0 Å². The molecule has 1 fully saturated rings. The number of aromatic nitrogens is 1. The van der Waals surface area contributed by atoms with Crippen molar-refractivity contribution in [3.05, 3.63) is 17.8 Å². The van der Waals surface area contributed by atoms with E-state index in [1.165, 1.54) is 13.5 Å². The van der Waals surface area contributed by atoms with Crippen molar-refractivity contribution in [3.8, 4) is 0 Å². The third-order valence-corrected chi connectivity index (χ3v) is 3.62. The highest BCUT2D eigenvalue weighted by Crippen LogP contribution is 2.25. The lowest BCUT2D eigenvalue weighted by Crippen LogP contribution is -2.27. The van der Waals surface area contributed by atoms with Gasteiger partial charge < -0.3 is 15.4 Å². The van der Waals surface area contributed by atoms with E-state index in [0.29, 0.717) is 17.2 Å². The van der Waals surface area contributed by atoms with Crippen LogP contribution in [0.4, 0.5) is 11.5 Å². The Hall–Kier alpha value is -1.78. The minimum absolute atomic E-state index is 0.309. The second kappa shape index (κ2) is 5.91. The molecule has 0 aliphatic carbocycles. The van der Waals surface area contributed by atoms with Gasteiger partial charge in [0.05, 0.1) is 12.8 Å². The van der Waals surface area contributed by atoms with Gasteiger partial charge in [-0.25, -0.2) is 9.78 Å². The molecule has 19 heavy (non-hydrogen) atoms. The zero-order chi connectivity index (χ0) is 13.8. The molecule has 5 heteroatoms. The van der Waals surface area contributed by atoms with Gasteiger partial charge in [-0.15, -0.1) is 0 Å². The van der Waals surface area contributed by atoms with E-state index in [1.807, 2.05) is 0 Å². The zero-order valence-electron chi connectivity index (χ0n) is 11.6. The maximum absolute atomic E-state index is 11.5. The first kappa shape index (κ1) is 13.6. The molecule has 104 valence electrons. The Kier molecular flexibility index (Phi) is 4.24. The van der Waals surface area contributed by atoms with Gasteiger partial charge in [0.2, 0.25) is 0 Å². The molecule has 0 spiro atoms. The molecule has 1 aromatic heterocycles. The molecule has 0 radical (unpaired) electrons. The van der Waals surface area contributed by atoms with Crippen LogP contribution in [-0.2, 0) is 4.74 Å². The SMILES string of the molecule is COC(=O)c1ccc(N)c(N2CCCC(C)CC2)n1. The number of hydrogen-bond acceptors (Lipinski definition) is 5. The van der Waals surface area contributed by atoms with Crippen LogP contribution in [0.15, 0.2) is 12.1 Å². The highest BCUT2D eigenvalue weighted by atomic mass is 16.5. The highest BCUT2D eigenvalue weighted by Gasteiger charge is 2.19. The Morgan fingerprint density at radius 1 is 1.42 bits per heavy atom. The molecule has 5 nitrogen and oxygen atoms in total. The number of esters is 1. The van der Waals surface area contributed by atoms with Crippen LogP contribution >= 0.6 is 0 Å². The van der Waals surface area contributed by atoms with E-state index in [-0.39, 0.29) is 0 Å². The second-order valence-corrected chi connectivity index (χ2v) is 5.12. The lowest BCUT2D eigenvalue weighted by atomic mass is 10.0. The molecular formula is C14H21N3O2. The number of anilines is 2. The average molecular weight is 263 g/mol. The summed E-state index contributed by atoms with van der Waals surface area (Å²) in [5.41, 5.74) is 6.91. The van der Waals surface area contributed by atoms with Crippen LogP contribution in [0.5, 0.6) is 0 Å². The van der Waals surface area contributed by atoms with Gasteiger partial charge in [-0.05, 0) is 37.3 Å². The third-order valence-electron chi connectivity index (χ3n) is 3.62. The number of carbonyl (C=O) groups excluding carboxylic acids is 1. The lowest BCUT2D eigenvalue weighted by molar-refractivity contribution is 0.0594. The van der Waals surface area contributed by atoms with Crippen molar-refractivity contribution in [3.63, 3.8) is 0 Å². The summed E-state index contributed by atoms with van der Waals surface area (Å²) >= 11 is 0. The number of ether oxygens (including phenoxy) is 1. The first-order valence-corrected chi connectivity index (χ1v) is 6.71. The monoisotopic (exact) mass is 263 g/mol. The molecule has 1 unspecified atom stereocenters. The average Bonchev–Trinajstić information content (AvgIpc) is 2.63. The number of hydrogen-bond donors (Lipinski definition) is 1. The molecule has 0 amide bonds. The van der Waals surface area contributed by atoms with E-state index in [0.717, 1.165) is 31.8 Å². The van der Waals surface area contributed by atoms with Gasteiger partial charge in [-0.3, -0.25) is 0 Å². The Labute approximate surface area is 113 Å².